The van der Waals surface area contributed by atoms with Crippen molar-refractivity contribution in [3.05, 3.63) is 46.2 Å². The molecule has 4 rings (SSSR count). The molecule has 0 saturated carbocycles. The van der Waals surface area contributed by atoms with E-state index in [1.807, 2.05) is 6.07 Å². The van der Waals surface area contributed by atoms with Gasteiger partial charge in [-0.1, -0.05) is 29.3 Å². The number of pyridine rings is 1. The second-order valence-electron chi connectivity index (χ2n) is 5.43. The van der Waals surface area contributed by atoms with Crippen LogP contribution in [0.25, 0.3) is 22.2 Å². The summed E-state index contributed by atoms with van der Waals surface area (Å²) in [4.78, 5) is 17.0. The quantitative estimate of drug-likeness (QED) is 0.712. The average molecular weight is 375 g/mol. The minimum Gasteiger partial charge on any atom is -0.473 e. The summed E-state index contributed by atoms with van der Waals surface area (Å²) in [6, 6.07) is 7.10. The molecule has 3 aromatic rings. The Bertz CT molecular complexity index is 1000. The van der Waals surface area contributed by atoms with Gasteiger partial charge in [-0.15, -0.1) is 0 Å². The molecular formula is C16H12Cl2N6O. The first-order chi connectivity index (χ1) is 12.0. The van der Waals surface area contributed by atoms with Gasteiger partial charge in [0.1, 0.15) is 18.5 Å². The molecule has 7 nitrogen and oxygen atoms in total. The van der Waals surface area contributed by atoms with E-state index in [0.29, 0.717) is 43.8 Å². The second kappa shape index (κ2) is 6.11. The third-order valence-electron chi connectivity index (χ3n) is 3.70. The summed E-state index contributed by atoms with van der Waals surface area (Å²) in [5.41, 5.74) is 13.6. The highest BCUT2D eigenvalue weighted by Crippen LogP contribution is 2.37. The molecule has 9 heteroatoms. The minimum atomic E-state index is -0.447. The lowest BCUT2D eigenvalue weighted by atomic mass is 10.0. The molecular weight excluding hydrogens is 363 g/mol. The van der Waals surface area contributed by atoms with Crippen LogP contribution in [0.15, 0.2) is 35.5 Å². The van der Waals surface area contributed by atoms with Crippen molar-refractivity contribution in [3.63, 3.8) is 0 Å². The number of anilines is 1. The molecule has 0 amide bonds. The predicted molar refractivity (Wildman–Crippen MR) is 97.7 cm³/mol. The SMILES string of the molecule is Nc1ncc2cc(-c3c(Cl)cccc3Cl)c(C3=NC(N)CO3)nc2n1. The highest BCUT2D eigenvalue weighted by Gasteiger charge is 2.24. The van der Waals surface area contributed by atoms with Gasteiger partial charge in [0, 0.05) is 32.8 Å². The highest BCUT2D eigenvalue weighted by atomic mass is 35.5. The molecule has 0 spiro atoms. The summed E-state index contributed by atoms with van der Waals surface area (Å²) < 4.78 is 5.57. The molecule has 2 aromatic heterocycles. The molecule has 0 radical (unpaired) electrons. The first-order valence-corrected chi connectivity index (χ1v) is 8.13. The van der Waals surface area contributed by atoms with Gasteiger partial charge < -0.3 is 16.2 Å². The summed E-state index contributed by atoms with van der Waals surface area (Å²) in [6.45, 7) is 0.274. The molecule has 1 aliphatic rings. The molecule has 3 heterocycles. The van der Waals surface area contributed by atoms with Gasteiger partial charge in [0.2, 0.25) is 11.8 Å². The van der Waals surface area contributed by atoms with Crippen LogP contribution >= 0.6 is 23.2 Å². The Morgan fingerprint density at radius 2 is 1.92 bits per heavy atom. The van der Waals surface area contributed by atoms with Crippen LogP contribution in [-0.2, 0) is 4.74 Å². The fourth-order valence-electron chi connectivity index (χ4n) is 2.60. The third-order valence-corrected chi connectivity index (χ3v) is 4.33. The molecule has 0 bridgehead atoms. The van der Waals surface area contributed by atoms with E-state index in [9.17, 15) is 0 Å². The smallest absolute Gasteiger partial charge is 0.237 e. The van der Waals surface area contributed by atoms with Crippen LogP contribution < -0.4 is 11.5 Å². The number of hydrogen-bond donors (Lipinski definition) is 2. The van der Waals surface area contributed by atoms with E-state index in [1.165, 1.54) is 0 Å². The number of hydrogen-bond acceptors (Lipinski definition) is 7. The number of halogens is 2. The number of aliphatic imine (C=N–C) groups is 1. The molecule has 1 atom stereocenters. The monoisotopic (exact) mass is 374 g/mol. The van der Waals surface area contributed by atoms with Crippen molar-refractivity contribution < 1.29 is 4.74 Å². The lowest BCUT2D eigenvalue weighted by Crippen LogP contribution is -2.17. The van der Waals surface area contributed by atoms with Gasteiger partial charge >= 0.3 is 0 Å². The van der Waals surface area contributed by atoms with Gasteiger partial charge in [-0.2, -0.15) is 4.98 Å². The van der Waals surface area contributed by atoms with Crippen LogP contribution in [0, 0.1) is 0 Å². The number of ether oxygens (including phenoxy) is 1. The standard InChI is InChI=1S/C16H12Cl2N6O/c17-9-2-1-3-10(18)12(9)8-4-7-5-21-16(20)24-14(7)23-13(8)15-22-11(19)6-25-15/h1-5,11H,6,19H2,(H2,20,21,23,24). The van der Waals surface area contributed by atoms with Gasteiger partial charge in [0.05, 0.1) is 0 Å². The Labute approximate surface area is 152 Å². The van der Waals surface area contributed by atoms with Crippen molar-refractivity contribution in [1.82, 2.24) is 15.0 Å². The molecule has 0 saturated heterocycles. The average Bonchev–Trinajstić information content (AvgIpc) is 3.00. The van der Waals surface area contributed by atoms with Crippen molar-refractivity contribution >= 4 is 46.1 Å². The Hall–Kier alpha value is -2.48. The van der Waals surface area contributed by atoms with E-state index in [0.717, 1.165) is 0 Å². The van der Waals surface area contributed by atoms with Crippen LogP contribution in [0.4, 0.5) is 5.95 Å². The summed E-state index contributed by atoms with van der Waals surface area (Å²) in [5, 5.41) is 1.65. The molecule has 4 N–H and O–H groups in total. The van der Waals surface area contributed by atoms with Crippen LogP contribution in [0.2, 0.25) is 10.0 Å². The maximum atomic E-state index is 6.38. The Morgan fingerprint density at radius 1 is 1.16 bits per heavy atom. The van der Waals surface area contributed by atoms with E-state index in [4.69, 9.17) is 39.4 Å². The van der Waals surface area contributed by atoms with Gasteiger partial charge in [0.25, 0.3) is 0 Å². The van der Waals surface area contributed by atoms with E-state index >= 15 is 0 Å². The number of nitrogens with two attached hydrogens (primary N) is 2. The normalized spacial score (nSPS) is 16.8. The summed E-state index contributed by atoms with van der Waals surface area (Å²) >= 11 is 12.8. The molecule has 1 aliphatic heterocycles. The zero-order chi connectivity index (χ0) is 17.6. The molecule has 25 heavy (non-hydrogen) atoms. The first kappa shape index (κ1) is 16.0. The third kappa shape index (κ3) is 2.86. The van der Waals surface area contributed by atoms with Gasteiger partial charge in [-0.25, -0.2) is 15.0 Å². The first-order valence-electron chi connectivity index (χ1n) is 7.37. The van der Waals surface area contributed by atoms with Gasteiger partial charge in [-0.3, -0.25) is 0 Å². The maximum Gasteiger partial charge on any atom is 0.237 e. The zero-order valence-electron chi connectivity index (χ0n) is 12.8. The molecule has 0 fully saturated rings. The van der Waals surface area contributed by atoms with Crippen molar-refractivity contribution in [2.45, 2.75) is 6.17 Å². The maximum absolute atomic E-state index is 6.38. The number of aromatic nitrogens is 3. The lowest BCUT2D eigenvalue weighted by Gasteiger charge is -2.13. The zero-order valence-corrected chi connectivity index (χ0v) is 14.3. The fraction of sp³-hybridized carbons (Fsp3) is 0.125. The van der Waals surface area contributed by atoms with Crippen molar-refractivity contribution in [2.75, 3.05) is 12.3 Å². The number of nitrogen functional groups attached to an aromatic ring is 1. The fourth-order valence-corrected chi connectivity index (χ4v) is 3.21. The molecule has 1 aromatic carbocycles. The molecule has 0 aliphatic carbocycles. The highest BCUT2D eigenvalue weighted by molar-refractivity contribution is 6.39. The number of rotatable bonds is 2. The van der Waals surface area contributed by atoms with E-state index in [2.05, 4.69) is 19.9 Å². The summed E-state index contributed by atoms with van der Waals surface area (Å²) in [7, 11) is 0. The van der Waals surface area contributed by atoms with E-state index in [-0.39, 0.29) is 12.6 Å². The predicted octanol–water partition coefficient (Wildman–Crippen LogP) is 2.64. The van der Waals surface area contributed by atoms with Gasteiger partial charge in [-0.05, 0) is 18.2 Å². The molecule has 126 valence electrons. The van der Waals surface area contributed by atoms with Crippen LogP contribution in [0.5, 0.6) is 0 Å². The van der Waals surface area contributed by atoms with E-state index < -0.39 is 6.17 Å². The van der Waals surface area contributed by atoms with E-state index in [1.54, 1.807) is 24.4 Å². The van der Waals surface area contributed by atoms with Gasteiger partial charge in [0.15, 0.2) is 5.65 Å². The summed E-state index contributed by atoms with van der Waals surface area (Å²) in [5.74, 6) is 0.443. The van der Waals surface area contributed by atoms with Crippen molar-refractivity contribution in [2.24, 2.45) is 10.7 Å². The Morgan fingerprint density at radius 3 is 2.60 bits per heavy atom. The Kier molecular flexibility index (Phi) is 3.91. The number of fused-ring (bicyclic) bond motifs is 1. The van der Waals surface area contributed by atoms with Crippen LogP contribution in [-0.4, -0.2) is 33.6 Å². The lowest BCUT2D eigenvalue weighted by molar-refractivity contribution is 0.319. The molecule has 1 unspecified atom stereocenters. The van der Waals surface area contributed by atoms with Crippen molar-refractivity contribution in [1.29, 1.82) is 0 Å². The topological polar surface area (TPSA) is 112 Å². The number of nitrogens with zero attached hydrogens (tertiary/aromatic N) is 4. The van der Waals surface area contributed by atoms with Crippen LogP contribution in [0.1, 0.15) is 5.69 Å². The number of benzene rings is 1. The largest absolute Gasteiger partial charge is 0.473 e. The minimum absolute atomic E-state index is 0.125. The Balaban J connectivity index is 2.04. The summed E-state index contributed by atoms with van der Waals surface area (Å²) in [6.07, 6.45) is 1.14. The second-order valence-corrected chi connectivity index (χ2v) is 6.25. The van der Waals surface area contributed by atoms with Crippen molar-refractivity contribution in [3.8, 4) is 11.1 Å². The van der Waals surface area contributed by atoms with Crippen LogP contribution in [0.3, 0.4) is 0 Å².